The van der Waals surface area contributed by atoms with Crippen LogP contribution in [0.3, 0.4) is 0 Å². The fraction of sp³-hybridized carbons (Fsp3) is 0.364. The minimum Gasteiger partial charge on any atom is -0.496 e. The Labute approximate surface area is 181 Å². The number of para-hydroxylation sites is 3. The van der Waals surface area contributed by atoms with Crippen LogP contribution < -0.4 is 24.8 Å². The van der Waals surface area contributed by atoms with E-state index in [0.29, 0.717) is 35.8 Å². The monoisotopic (exact) mass is 432 g/mol. The third-order valence-corrected chi connectivity index (χ3v) is 4.96. The van der Waals surface area contributed by atoms with Gasteiger partial charge >= 0.3 is 0 Å². The number of carbonyl (C=O) groups excluding carboxylic acids is 2. The number of nitrogens with one attached hydrogen (secondary N) is 2. The summed E-state index contributed by atoms with van der Waals surface area (Å²) in [5.74, 6) is 1.84. The molecule has 0 aliphatic heterocycles. The molecule has 0 aromatic heterocycles. The largest absolute Gasteiger partial charge is 0.496 e. The van der Waals surface area contributed by atoms with Gasteiger partial charge in [0.1, 0.15) is 18.4 Å². The Bertz CT molecular complexity index is 831. The smallest absolute Gasteiger partial charge is 0.255 e. The van der Waals surface area contributed by atoms with E-state index in [1.165, 1.54) is 7.11 Å². The van der Waals surface area contributed by atoms with Gasteiger partial charge in [-0.05, 0) is 42.7 Å². The average Bonchev–Trinajstić information content (AvgIpc) is 2.79. The molecule has 0 fully saturated rings. The van der Waals surface area contributed by atoms with Crippen molar-refractivity contribution in [3.05, 3.63) is 54.1 Å². The molecule has 0 heterocycles. The van der Waals surface area contributed by atoms with Gasteiger partial charge in [0.2, 0.25) is 5.91 Å². The van der Waals surface area contributed by atoms with Crippen molar-refractivity contribution in [3.63, 3.8) is 0 Å². The second-order valence-electron chi connectivity index (χ2n) is 6.30. The van der Waals surface area contributed by atoms with Crippen LogP contribution >= 0.6 is 11.8 Å². The van der Waals surface area contributed by atoms with Gasteiger partial charge in [0.15, 0.2) is 11.5 Å². The Morgan fingerprint density at radius 1 is 0.967 bits per heavy atom. The van der Waals surface area contributed by atoms with E-state index in [1.807, 2.05) is 18.4 Å². The van der Waals surface area contributed by atoms with Gasteiger partial charge in [-0.25, -0.2) is 0 Å². The first kappa shape index (κ1) is 23.4. The lowest BCUT2D eigenvalue weighted by molar-refractivity contribution is -0.123. The van der Waals surface area contributed by atoms with Crippen molar-refractivity contribution >= 4 is 23.6 Å². The molecule has 2 N–H and O–H groups in total. The topological polar surface area (TPSA) is 85.9 Å². The third-order valence-electron chi connectivity index (χ3n) is 4.31. The van der Waals surface area contributed by atoms with Gasteiger partial charge in [0.05, 0.1) is 26.3 Å². The van der Waals surface area contributed by atoms with Gasteiger partial charge in [-0.2, -0.15) is 11.8 Å². The summed E-state index contributed by atoms with van der Waals surface area (Å²) in [4.78, 5) is 25.3. The number of methoxy groups -OCH3 is 2. The molecule has 7 nitrogen and oxygen atoms in total. The first-order valence-electron chi connectivity index (χ1n) is 9.57. The number of amides is 2. The number of carbonyl (C=O) groups is 2. The van der Waals surface area contributed by atoms with Crippen LogP contribution in [0.5, 0.6) is 17.2 Å². The lowest BCUT2D eigenvalue weighted by Crippen LogP contribution is -2.48. The van der Waals surface area contributed by atoms with E-state index >= 15 is 0 Å². The Kier molecular flexibility index (Phi) is 9.86. The minimum atomic E-state index is -0.652. The van der Waals surface area contributed by atoms with Crippen LogP contribution in [0.25, 0.3) is 0 Å². The van der Waals surface area contributed by atoms with Crippen molar-refractivity contribution in [2.24, 2.45) is 0 Å². The fourth-order valence-corrected chi connectivity index (χ4v) is 3.24. The molecule has 2 rings (SSSR count). The van der Waals surface area contributed by atoms with E-state index in [0.717, 1.165) is 5.75 Å². The normalized spacial score (nSPS) is 11.3. The highest BCUT2D eigenvalue weighted by Crippen LogP contribution is 2.25. The van der Waals surface area contributed by atoms with Gasteiger partial charge in [-0.1, -0.05) is 24.3 Å². The molecule has 30 heavy (non-hydrogen) atoms. The van der Waals surface area contributed by atoms with Crippen molar-refractivity contribution < 1.29 is 23.8 Å². The first-order chi connectivity index (χ1) is 14.6. The number of hydrogen-bond acceptors (Lipinski definition) is 6. The Hall–Kier alpha value is -2.87. The van der Waals surface area contributed by atoms with Gasteiger partial charge in [0, 0.05) is 0 Å². The summed E-state index contributed by atoms with van der Waals surface area (Å²) in [5, 5.41) is 5.64. The van der Waals surface area contributed by atoms with Crippen LogP contribution in [-0.2, 0) is 4.79 Å². The quantitative estimate of drug-likeness (QED) is 0.502. The zero-order chi connectivity index (χ0) is 21.8. The van der Waals surface area contributed by atoms with Gasteiger partial charge in [-0.3, -0.25) is 9.59 Å². The Morgan fingerprint density at radius 2 is 1.60 bits per heavy atom. The van der Waals surface area contributed by atoms with Crippen molar-refractivity contribution in [1.29, 1.82) is 0 Å². The van der Waals surface area contributed by atoms with Gasteiger partial charge in [0.25, 0.3) is 5.91 Å². The maximum atomic E-state index is 12.7. The minimum absolute atomic E-state index is 0.254. The summed E-state index contributed by atoms with van der Waals surface area (Å²) in [6.07, 6.45) is 2.47. The summed E-state index contributed by atoms with van der Waals surface area (Å²) in [6.45, 7) is 0.582. The molecule has 0 spiro atoms. The lowest BCUT2D eigenvalue weighted by Gasteiger charge is -2.19. The number of benzene rings is 2. The highest BCUT2D eigenvalue weighted by Gasteiger charge is 2.22. The van der Waals surface area contributed by atoms with E-state index in [9.17, 15) is 9.59 Å². The Balaban J connectivity index is 1.92. The van der Waals surface area contributed by atoms with Crippen molar-refractivity contribution in [1.82, 2.24) is 10.6 Å². The molecule has 2 aromatic carbocycles. The van der Waals surface area contributed by atoms with E-state index in [2.05, 4.69) is 10.6 Å². The van der Waals surface area contributed by atoms with Crippen LogP contribution in [0.2, 0.25) is 0 Å². The highest BCUT2D eigenvalue weighted by molar-refractivity contribution is 7.98. The zero-order valence-electron chi connectivity index (χ0n) is 17.5. The summed E-state index contributed by atoms with van der Waals surface area (Å²) in [5.41, 5.74) is 0.390. The molecule has 1 atom stereocenters. The molecule has 0 unspecified atom stereocenters. The molecule has 0 aliphatic carbocycles. The highest BCUT2D eigenvalue weighted by atomic mass is 32.2. The maximum absolute atomic E-state index is 12.7. The second-order valence-corrected chi connectivity index (χ2v) is 7.28. The van der Waals surface area contributed by atoms with Crippen LogP contribution in [0.15, 0.2) is 48.5 Å². The van der Waals surface area contributed by atoms with E-state index in [4.69, 9.17) is 14.2 Å². The average molecular weight is 433 g/mol. The summed E-state index contributed by atoms with van der Waals surface area (Å²) in [6, 6.07) is 13.6. The van der Waals surface area contributed by atoms with Crippen LogP contribution in [0.1, 0.15) is 16.8 Å². The Morgan fingerprint density at radius 3 is 2.27 bits per heavy atom. The fourth-order valence-electron chi connectivity index (χ4n) is 2.77. The SMILES string of the molecule is COc1ccccc1OCCNC(=O)[C@H](CCSC)NC(=O)c1ccccc1OC. The predicted octanol–water partition coefficient (Wildman–Crippen LogP) is 2.75. The van der Waals surface area contributed by atoms with Crippen LogP contribution in [0.4, 0.5) is 0 Å². The molecule has 0 bridgehead atoms. The third kappa shape index (κ3) is 6.88. The molecule has 0 saturated carbocycles. The molecule has 0 radical (unpaired) electrons. The molecular weight excluding hydrogens is 404 g/mol. The van der Waals surface area contributed by atoms with Crippen molar-refractivity contribution in [2.75, 3.05) is 39.4 Å². The van der Waals surface area contributed by atoms with Crippen molar-refractivity contribution in [3.8, 4) is 17.2 Å². The molecular formula is C22H28N2O5S. The second kappa shape index (κ2) is 12.6. The van der Waals surface area contributed by atoms with Gasteiger partial charge in [-0.15, -0.1) is 0 Å². The number of thioether (sulfide) groups is 1. The number of hydrogen-bond donors (Lipinski definition) is 2. The maximum Gasteiger partial charge on any atom is 0.255 e. The molecule has 0 aliphatic rings. The summed E-state index contributed by atoms with van der Waals surface area (Å²) >= 11 is 1.61. The first-order valence-corrected chi connectivity index (χ1v) is 11.0. The molecule has 0 saturated heterocycles. The number of rotatable bonds is 12. The van der Waals surface area contributed by atoms with Gasteiger partial charge < -0.3 is 24.8 Å². The summed E-state index contributed by atoms with van der Waals surface area (Å²) in [7, 11) is 3.08. The number of ether oxygens (including phenoxy) is 3. The van der Waals surface area contributed by atoms with E-state index in [-0.39, 0.29) is 18.4 Å². The van der Waals surface area contributed by atoms with Crippen LogP contribution in [-0.4, -0.2) is 57.2 Å². The molecule has 8 heteroatoms. The molecule has 2 amide bonds. The molecule has 162 valence electrons. The lowest BCUT2D eigenvalue weighted by atomic mass is 10.1. The van der Waals surface area contributed by atoms with Crippen LogP contribution in [0, 0.1) is 0 Å². The van der Waals surface area contributed by atoms with E-state index in [1.54, 1.807) is 55.3 Å². The zero-order valence-corrected chi connectivity index (χ0v) is 18.3. The standard InChI is InChI=1S/C22H28N2O5S/c1-27-18-9-5-4-8-16(18)21(25)24-17(12-15-30-3)22(26)23-13-14-29-20-11-7-6-10-19(20)28-2/h4-11,17H,12-15H2,1-3H3,(H,23,26)(H,24,25)/t17-/m0/s1. The predicted molar refractivity (Wildman–Crippen MR) is 119 cm³/mol. The molecule has 2 aromatic rings. The van der Waals surface area contributed by atoms with Crippen molar-refractivity contribution in [2.45, 2.75) is 12.5 Å². The van der Waals surface area contributed by atoms with E-state index < -0.39 is 6.04 Å². The summed E-state index contributed by atoms with van der Waals surface area (Å²) < 4.78 is 16.1.